The number of nitrogens with zero attached hydrogens (tertiary/aromatic N) is 3. The molecule has 2 aromatic heterocycles. The molecule has 41 heavy (non-hydrogen) atoms. The van der Waals surface area contributed by atoms with Gasteiger partial charge in [-0.25, -0.2) is 4.98 Å². The molecule has 4 heteroatoms. The zero-order valence-electron chi connectivity index (χ0n) is 22.0. The summed E-state index contributed by atoms with van der Waals surface area (Å²) in [5.41, 5.74) is 8.50. The van der Waals surface area contributed by atoms with Gasteiger partial charge in [0.25, 0.3) is 0 Å². The van der Waals surface area contributed by atoms with Crippen molar-refractivity contribution in [2.24, 2.45) is 0 Å². The van der Waals surface area contributed by atoms with Crippen LogP contribution in [-0.2, 0) is 0 Å². The number of imidazole rings is 1. The van der Waals surface area contributed by atoms with Gasteiger partial charge in [0.2, 0.25) is 0 Å². The molecule has 9 rings (SSSR count). The summed E-state index contributed by atoms with van der Waals surface area (Å²) < 4.78 is 8.74. The molecule has 0 aliphatic carbocycles. The van der Waals surface area contributed by atoms with E-state index in [0.29, 0.717) is 0 Å². The molecule has 0 saturated heterocycles. The van der Waals surface area contributed by atoms with E-state index in [9.17, 15) is 0 Å². The Bertz CT molecular complexity index is 2260. The first-order chi connectivity index (χ1) is 20.4. The Morgan fingerprint density at radius 2 is 1.24 bits per heavy atom. The maximum Gasteiger partial charge on any atom is 0.146 e. The summed E-state index contributed by atoms with van der Waals surface area (Å²) in [6, 6.07) is 46.7. The lowest BCUT2D eigenvalue weighted by Crippen LogP contribution is -2.18. The van der Waals surface area contributed by atoms with E-state index in [1.807, 2.05) is 30.5 Å². The fourth-order valence-corrected chi connectivity index (χ4v) is 6.47. The average molecular weight is 526 g/mol. The summed E-state index contributed by atoms with van der Waals surface area (Å²) >= 11 is 0. The highest BCUT2D eigenvalue weighted by atomic mass is 16.3. The normalized spacial score (nSPS) is 12.3. The molecule has 0 atom stereocenters. The lowest BCUT2D eigenvalue weighted by molar-refractivity contribution is 0.669. The molecular formula is C37H23N3O. The van der Waals surface area contributed by atoms with Crippen LogP contribution in [0.5, 0.6) is 0 Å². The topological polar surface area (TPSA) is 34.2 Å². The van der Waals surface area contributed by atoms with Gasteiger partial charge < -0.3 is 4.42 Å². The van der Waals surface area contributed by atoms with Crippen LogP contribution in [0.3, 0.4) is 0 Å². The number of furan rings is 1. The van der Waals surface area contributed by atoms with Crippen molar-refractivity contribution in [3.8, 4) is 28.2 Å². The van der Waals surface area contributed by atoms with Gasteiger partial charge in [-0.15, -0.1) is 0 Å². The van der Waals surface area contributed by atoms with Gasteiger partial charge in [-0.05, 0) is 35.2 Å². The fourth-order valence-electron chi connectivity index (χ4n) is 6.47. The van der Waals surface area contributed by atoms with E-state index >= 15 is 0 Å². The van der Waals surface area contributed by atoms with Crippen molar-refractivity contribution < 1.29 is 4.42 Å². The van der Waals surface area contributed by atoms with Crippen molar-refractivity contribution in [3.05, 3.63) is 140 Å². The third-order valence-electron chi connectivity index (χ3n) is 8.18. The lowest BCUT2D eigenvalue weighted by Gasteiger charge is -2.33. The summed E-state index contributed by atoms with van der Waals surface area (Å²) in [5, 5.41) is 4.69. The van der Waals surface area contributed by atoms with Gasteiger partial charge in [0.1, 0.15) is 22.8 Å². The Morgan fingerprint density at radius 3 is 2.12 bits per heavy atom. The Morgan fingerprint density at radius 1 is 0.537 bits per heavy atom. The molecule has 0 amide bonds. The van der Waals surface area contributed by atoms with Crippen molar-refractivity contribution in [2.45, 2.75) is 0 Å². The van der Waals surface area contributed by atoms with E-state index in [4.69, 9.17) is 9.40 Å². The van der Waals surface area contributed by atoms with Gasteiger partial charge in [-0.1, -0.05) is 103 Å². The van der Waals surface area contributed by atoms with Gasteiger partial charge >= 0.3 is 0 Å². The van der Waals surface area contributed by atoms with Gasteiger partial charge in [0, 0.05) is 39.0 Å². The number of benzene rings is 6. The maximum absolute atomic E-state index is 6.48. The molecule has 3 heterocycles. The fraction of sp³-hybridized carbons (Fsp3) is 0. The first kappa shape index (κ1) is 22.2. The predicted molar refractivity (Wildman–Crippen MR) is 167 cm³/mol. The zero-order valence-corrected chi connectivity index (χ0v) is 22.0. The molecule has 0 radical (unpaired) electrons. The Labute approximate surface area is 236 Å². The molecule has 8 aromatic rings. The van der Waals surface area contributed by atoms with Gasteiger partial charge in [0.05, 0.1) is 17.6 Å². The molecule has 0 spiro atoms. The highest BCUT2D eigenvalue weighted by Gasteiger charge is 2.31. The summed E-state index contributed by atoms with van der Waals surface area (Å²) in [6.45, 7) is 0. The highest BCUT2D eigenvalue weighted by Crippen LogP contribution is 2.54. The molecule has 0 N–H and O–H groups in total. The summed E-state index contributed by atoms with van der Waals surface area (Å²) in [6.07, 6.45) is 1.99. The Hall–Kier alpha value is -5.61. The number of para-hydroxylation sites is 3. The number of hydrogen-bond donors (Lipinski definition) is 0. The monoisotopic (exact) mass is 525 g/mol. The number of hydrogen-bond acceptors (Lipinski definition) is 3. The molecule has 0 saturated carbocycles. The summed E-state index contributed by atoms with van der Waals surface area (Å²) in [4.78, 5) is 7.38. The summed E-state index contributed by atoms with van der Waals surface area (Å²) in [5.74, 6) is 1.86. The van der Waals surface area contributed by atoms with Gasteiger partial charge in [-0.3, -0.25) is 9.47 Å². The quantitative estimate of drug-likeness (QED) is 0.230. The number of rotatable bonds is 3. The molecule has 0 unspecified atom stereocenters. The van der Waals surface area contributed by atoms with Crippen molar-refractivity contribution in [1.82, 2.24) is 9.55 Å². The van der Waals surface area contributed by atoms with Crippen LogP contribution in [0.2, 0.25) is 0 Å². The van der Waals surface area contributed by atoms with Crippen molar-refractivity contribution in [3.63, 3.8) is 0 Å². The van der Waals surface area contributed by atoms with E-state index in [-0.39, 0.29) is 0 Å². The van der Waals surface area contributed by atoms with Crippen molar-refractivity contribution in [2.75, 3.05) is 4.90 Å². The molecule has 0 bridgehead atoms. The maximum atomic E-state index is 6.48. The largest absolute Gasteiger partial charge is 0.456 e. The van der Waals surface area contributed by atoms with Crippen LogP contribution in [0, 0.1) is 0 Å². The van der Waals surface area contributed by atoms with Crippen LogP contribution >= 0.6 is 0 Å². The van der Waals surface area contributed by atoms with Crippen molar-refractivity contribution >= 4 is 49.9 Å². The smallest absolute Gasteiger partial charge is 0.146 e. The van der Waals surface area contributed by atoms with Crippen LogP contribution in [0.1, 0.15) is 0 Å². The third kappa shape index (κ3) is 3.13. The van der Waals surface area contributed by atoms with E-state index < -0.39 is 0 Å². The number of aromatic nitrogens is 2. The van der Waals surface area contributed by atoms with Crippen LogP contribution in [0.25, 0.3) is 60.9 Å². The predicted octanol–water partition coefficient (Wildman–Crippen LogP) is 10.0. The molecule has 1 aliphatic rings. The average Bonchev–Trinajstić information content (AvgIpc) is 3.64. The standard InChI is InChI=1S/C37H23N3O/c1-3-12-24(13-4-1)37-38-23-34(39(37)25-14-5-2-6-15-25)40-30-20-9-7-16-26(30)27-18-11-19-29-35(27)31(40)22-33-36(29)28-17-8-10-21-32(28)41-33/h1-23H. The second kappa shape index (κ2) is 8.44. The minimum absolute atomic E-state index is 0.879. The van der Waals surface area contributed by atoms with Crippen LogP contribution in [0.15, 0.2) is 144 Å². The minimum atomic E-state index is 0.879. The van der Waals surface area contributed by atoms with E-state index in [1.165, 1.54) is 21.9 Å². The van der Waals surface area contributed by atoms with Crippen molar-refractivity contribution in [1.29, 1.82) is 0 Å². The third-order valence-corrected chi connectivity index (χ3v) is 8.18. The van der Waals surface area contributed by atoms with E-state index in [1.54, 1.807) is 0 Å². The highest BCUT2D eigenvalue weighted by molar-refractivity contribution is 6.27. The van der Waals surface area contributed by atoms with Crippen LogP contribution < -0.4 is 4.90 Å². The zero-order chi connectivity index (χ0) is 26.9. The molecule has 6 aromatic carbocycles. The van der Waals surface area contributed by atoms with Gasteiger partial charge in [0.15, 0.2) is 0 Å². The minimum Gasteiger partial charge on any atom is -0.456 e. The molecule has 0 fully saturated rings. The van der Waals surface area contributed by atoms with Gasteiger partial charge in [-0.2, -0.15) is 0 Å². The van der Waals surface area contributed by atoms with E-state index in [2.05, 4.69) is 119 Å². The van der Waals surface area contributed by atoms with Crippen LogP contribution in [-0.4, -0.2) is 9.55 Å². The SMILES string of the molecule is c1ccc(-c2ncc(N3c4ccccc4-c4cccc5c4c3cc3oc4ccccc4c35)n2-c2ccccc2)cc1. The number of anilines is 3. The lowest BCUT2D eigenvalue weighted by atomic mass is 9.89. The first-order valence-corrected chi connectivity index (χ1v) is 13.8. The molecular weight excluding hydrogens is 502 g/mol. The second-order valence-electron chi connectivity index (χ2n) is 10.4. The van der Waals surface area contributed by atoms with Crippen LogP contribution in [0.4, 0.5) is 17.2 Å². The Kier molecular flexibility index (Phi) is 4.58. The number of fused-ring (bicyclic) bond motifs is 6. The van der Waals surface area contributed by atoms with E-state index in [0.717, 1.165) is 56.2 Å². The molecule has 4 nitrogen and oxygen atoms in total. The summed E-state index contributed by atoms with van der Waals surface area (Å²) in [7, 11) is 0. The second-order valence-corrected chi connectivity index (χ2v) is 10.4. The first-order valence-electron chi connectivity index (χ1n) is 13.8. The molecule has 1 aliphatic heterocycles. The Balaban J connectivity index is 1.42. The molecule has 192 valence electrons.